The van der Waals surface area contributed by atoms with Crippen LogP contribution >= 0.6 is 11.6 Å². The highest BCUT2D eigenvalue weighted by molar-refractivity contribution is 6.32. The maximum Gasteiger partial charge on any atom is 0.419 e. The Morgan fingerprint density at radius 3 is 2.44 bits per heavy atom. The number of rotatable bonds is 6. The summed E-state index contributed by atoms with van der Waals surface area (Å²) in [6.07, 6.45) is -1.91. The minimum absolute atomic E-state index is 0.00782. The summed E-state index contributed by atoms with van der Waals surface area (Å²) in [5.41, 5.74) is 4.12. The number of carbonyl (C=O) groups is 2. The number of piperazine rings is 1. The predicted octanol–water partition coefficient (Wildman–Crippen LogP) is 1.66. The number of anilines is 1. The first-order chi connectivity index (χ1) is 12.7. The molecule has 0 atom stereocenters. The number of carbonyl (C=O) groups excluding carboxylic acids is 2. The number of hydrogen-bond acceptors (Lipinski definition) is 3. The van der Waals surface area contributed by atoms with Gasteiger partial charge in [0.2, 0.25) is 5.91 Å². The third-order valence-corrected chi connectivity index (χ3v) is 4.55. The fourth-order valence-corrected chi connectivity index (χ4v) is 3.11. The first-order valence-electron chi connectivity index (χ1n) is 8.53. The van der Waals surface area contributed by atoms with E-state index in [0.717, 1.165) is 12.3 Å². The van der Waals surface area contributed by atoms with Crippen molar-refractivity contribution in [1.29, 1.82) is 0 Å². The second-order valence-electron chi connectivity index (χ2n) is 6.20. The predicted molar refractivity (Wildman–Crippen MR) is 93.2 cm³/mol. The number of amides is 3. The number of pyridine rings is 1. The molecule has 0 radical (unpaired) electrons. The van der Waals surface area contributed by atoms with Crippen LogP contribution in [0.15, 0.2) is 12.3 Å². The van der Waals surface area contributed by atoms with Gasteiger partial charge in [-0.1, -0.05) is 11.6 Å². The average Bonchev–Trinajstić information content (AvgIpc) is 2.60. The van der Waals surface area contributed by atoms with E-state index >= 15 is 0 Å². The number of urea groups is 1. The van der Waals surface area contributed by atoms with Gasteiger partial charge in [0.1, 0.15) is 24.3 Å². The number of alkyl halides is 3. The Kier molecular flexibility index (Phi) is 7.11. The topological polar surface area (TPSA) is 92.8 Å². The van der Waals surface area contributed by atoms with Crippen molar-refractivity contribution in [2.24, 2.45) is 5.73 Å². The van der Waals surface area contributed by atoms with Crippen LogP contribution in [0, 0.1) is 0 Å². The highest BCUT2D eigenvalue weighted by Crippen LogP contribution is 2.32. The third kappa shape index (κ3) is 6.16. The molecule has 0 aromatic carbocycles. The van der Waals surface area contributed by atoms with Crippen LogP contribution in [0.3, 0.4) is 0 Å². The quantitative estimate of drug-likeness (QED) is 0.701. The molecule has 0 aliphatic carbocycles. The summed E-state index contributed by atoms with van der Waals surface area (Å²) in [5.74, 6) is 0.422. The molecule has 4 N–H and O–H groups in total. The summed E-state index contributed by atoms with van der Waals surface area (Å²) in [4.78, 5) is 28.9. The van der Waals surface area contributed by atoms with Crippen LogP contribution in [-0.4, -0.2) is 49.6 Å². The van der Waals surface area contributed by atoms with Gasteiger partial charge < -0.3 is 16.0 Å². The lowest BCUT2D eigenvalue weighted by Gasteiger charge is -2.31. The minimum Gasteiger partial charge on any atom is -0.352 e. The number of H-pyrrole nitrogens is 1. The van der Waals surface area contributed by atoms with Crippen LogP contribution in [0.4, 0.5) is 23.8 Å². The Morgan fingerprint density at radius 1 is 1.22 bits per heavy atom. The van der Waals surface area contributed by atoms with E-state index in [9.17, 15) is 22.8 Å². The number of nitrogens with one attached hydrogen (secondary N) is 2. The second kappa shape index (κ2) is 9.12. The van der Waals surface area contributed by atoms with E-state index in [-0.39, 0.29) is 10.9 Å². The lowest BCUT2D eigenvalue weighted by Crippen LogP contribution is -2.50. The Labute approximate surface area is 159 Å². The number of unbranched alkanes of at least 4 members (excludes halogenated alkanes) is 1. The van der Waals surface area contributed by atoms with Gasteiger partial charge in [-0.3, -0.25) is 9.69 Å². The molecule has 1 saturated heterocycles. The van der Waals surface area contributed by atoms with E-state index < -0.39 is 17.8 Å². The fraction of sp³-hybridized carbons (Fsp3) is 0.562. The molecule has 0 unspecified atom stereocenters. The minimum atomic E-state index is -4.46. The Bertz CT molecular complexity index is 679. The van der Waals surface area contributed by atoms with Gasteiger partial charge in [-0.15, -0.1) is 0 Å². The van der Waals surface area contributed by atoms with Crippen LogP contribution in [0.25, 0.3) is 0 Å². The van der Waals surface area contributed by atoms with Crippen molar-refractivity contribution in [3.63, 3.8) is 0 Å². The molecule has 0 spiro atoms. The summed E-state index contributed by atoms with van der Waals surface area (Å²) >= 11 is 6.00. The molecule has 0 saturated carbocycles. The largest absolute Gasteiger partial charge is 0.419 e. The smallest absolute Gasteiger partial charge is 0.352 e. The van der Waals surface area contributed by atoms with E-state index in [2.05, 4.69) is 10.3 Å². The van der Waals surface area contributed by atoms with Crippen molar-refractivity contribution in [3.05, 3.63) is 22.8 Å². The molecule has 1 aromatic heterocycles. The van der Waals surface area contributed by atoms with Crippen LogP contribution < -0.4 is 20.9 Å². The van der Waals surface area contributed by atoms with E-state index in [1.54, 1.807) is 4.90 Å². The first-order valence-corrected chi connectivity index (χ1v) is 8.90. The number of primary amides is 1. The Balaban J connectivity index is 1.81. The van der Waals surface area contributed by atoms with Gasteiger partial charge in [-0.05, 0) is 18.9 Å². The number of nitrogens with two attached hydrogens (primary N) is 1. The number of hydrogen-bond donors (Lipinski definition) is 2. The molecular formula is C16H22ClF3N5O2+. The van der Waals surface area contributed by atoms with Gasteiger partial charge in [0.25, 0.3) is 5.82 Å². The number of aromatic amines is 1. The van der Waals surface area contributed by atoms with Crippen molar-refractivity contribution >= 4 is 29.4 Å². The molecule has 1 aliphatic heterocycles. The van der Waals surface area contributed by atoms with Crippen molar-refractivity contribution in [1.82, 2.24) is 10.2 Å². The van der Waals surface area contributed by atoms with Crippen LogP contribution in [-0.2, 0) is 11.0 Å². The van der Waals surface area contributed by atoms with Gasteiger partial charge in [0.05, 0.1) is 18.7 Å². The first kappa shape index (κ1) is 21.1. The normalized spacial score (nSPS) is 15.0. The molecule has 150 valence electrons. The van der Waals surface area contributed by atoms with Crippen molar-refractivity contribution in [3.8, 4) is 0 Å². The Morgan fingerprint density at radius 2 is 1.89 bits per heavy atom. The van der Waals surface area contributed by atoms with Gasteiger partial charge in [-0.25, -0.2) is 9.78 Å². The summed E-state index contributed by atoms with van der Waals surface area (Å²) in [6, 6.07) is 0.307. The van der Waals surface area contributed by atoms with Crippen molar-refractivity contribution < 1.29 is 27.7 Å². The molecule has 3 amide bonds. The summed E-state index contributed by atoms with van der Waals surface area (Å²) in [5, 5.41) is 2.45. The molecule has 27 heavy (non-hydrogen) atoms. The van der Waals surface area contributed by atoms with Gasteiger partial charge >= 0.3 is 12.2 Å². The molecule has 7 nitrogen and oxygen atoms in total. The van der Waals surface area contributed by atoms with Gasteiger partial charge in [-0.2, -0.15) is 13.2 Å². The molecule has 11 heteroatoms. The Hall–Kier alpha value is -2.23. The van der Waals surface area contributed by atoms with E-state index in [1.807, 2.05) is 4.90 Å². The standard InChI is InChI=1S/C16H21ClF3N5O2/c17-12-9-11(16(18,19)20)10-23-14(12)25-7-5-24(6-8-25)13(26)3-1-2-4-22-15(21)27/h9-10H,1-8H2,(H3,21,22,27)/p+1. The molecule has 1 aromatic rings. The van der Waals surface area contributed by atoms with Crippen LogP contribution in [0.2, 0.25) is 5.02 Å². The number of aromatic nitrogens is 1. The zero-order valence-electron chi connectivity index (χ0n) is 14.6. The summed E-state index contributed by atoms with van der Waals surface area (Å²) in [7, 11) is 0. The van der Waals surface area contributed by atoms with Crippen molar-refractivity contribution in [2.45, 2.75) is 25.4 Å². The highest BCUT2D eigenvalue weighted by Gasteiger charge is 2.34. The highest BCUT2D eigenvalue weighted by atomic mass is 35.5. The number of halogens is 4. The van der Waals surface area contributed by atoms with E-state index in [1.165, 1.54) is 0 Å². The third-order valence-electron chi connectivity index (χ3n) is 4.27. The molecular weight excluding hydrogens is 387 g/mol. The van der Waals surface area contributed by atoms with E-state index in [0.29, 0.717) is 57.8 Å². The lowest BCUT2D eigenvalue weighted by molar-refractivity contribution is -0.367. The zero-order chi connectivity index (χ0) is 20.0. The summed E-state index contributed by atoms with van der Waals surface area (Å²) in [6.45, 7) is 2.29. The lowest BCUT2D eigenvalue weighted by atomic mass is 10.2. The van der Waals surface area contributed by atoms with Crippen molar-refractivity contribution in [2.75, 3.05) is 37.6 Å². The fourth-order valence-electron chi connectivity index (χ4n) is 2.82. The number of nitrogens with zero attached hydrogens (tertiary/aromatic N) is 2. The summed E-state index contributed by atoms with van der Waals surface area (Å²) < 4.78 is 38.1. The zero-order valence-corrected chi connectivity index (χ0v) is 15.4. The monoisotopic (exact) mass is 408 g/mol. The molecule has 2 heterocycles. The average molecular weight is 409 g/mol. The molecule has 1 aliphatic rings. The molecule has 1 fully saturated rings. The maximum absolute atomic E-state index is 12.7. The second-order valence-corrected chi connectivity index (χ2v) is 6.61. The van der Waals surface area contributed by atoms with Gasteiger partial charge in [0.15, 0.2) is 0 Å². The molecule has 0 bridgehead atoms. The van der Waals surface area contributed by atoms with Gasteiger partial charge in [0, 0.05) is 13.0 Å². The SMILES string of the molecule is NC(=O)NCCCCC(=O)N1CCN(c2[nH+]cc(C(F)(F)F)cc2Cl)CC1. The van der Waals surface area contributed by atoms with Crippen LogP contribution in [0.1, 0.15) is 24.8 Å². The van der Waals surface area contributed by atoms with E-state index in [4.69, 9.17) is 17.3 Å². The maximum atomic E-state index is 12.7. The molecule has 2 rings (SSSR count). The van der Waals surface area contributed by atoms with Crippen LogP contribution in [0.5, 0.6) is 0 Å².